The predicted molar refractivity (Wildman–Crippen MR) is 99.5 cm³/mol. The molecule has 124 valence electrons. The van der Waals surface area contributed by atoms with Gasteiger partial charge in [0.2, 0.25) is 0 Å². The molecule has 0 radical (unpaired) electrons. The van der Waals surface area contributed by atoms with Crippen LogP contribution < -0.4 is 10.3 Å². The Balaban J connectivity index is 1.90. The third-order valence-electron chi connectivity index (χ3n) is 3.83. The first-order chi connectivity index (χ1) is 11.5. The van der Waals surface area contributed by atoms with Crippen molar-refractivity contribution in [1.82, 2.24) is 9.66 Å². The number of anilines is 1. The van der Waals surface area contributed by atoms with E-state index in [0.29, 0.717) is 5.56 Å². The van der Waals surface area contributed by atoms with Gasteiger partial charge in [-0.1, -0.05) is 18.2 Å². The van der Waals surface area contributed by atoms with E-state index in [9.17, 15) is 4.79 Å². The van der Waals surface area contributed by atoms with E-state index in [2.05, 4.69) is 16.5 Å². The van der Waals surface area contributed by atoms with E-state index < -0.39 is 0 Å². The number of amides is 1. The summed E-state index contributed by atoms with van der Waals surface area (Å²) in [6.07, 6.45) is 0. The van der Waals surface area contributed by atoms with E-state index in [1.807, 2.05) is 61.1 Å². The van der Waals surface area contributed by atoms with Gasteiger partial charge < -0.3 is 4.90 Å². The quantitative estimate of drug-likeness (QED) is 0.788. The van der Waals surface area contributed by atoms with Crippen LogP contribution in [0.1, 0.15) is 21.7 Å². The Morgan fingerprint density at radius 3 is 2.54 bits per heavy atom. The molecule has 0 aliphatic carbocycles. The summed E-state index contributed by atoms with van der Waals surface area (Å²) in [6, 6.07) is 11.3. The molecule has 6 heteroatoms. The van der Waals surface area contributed by atoms with Gasteiger partial charge in [0.15, 0.2) is 5.13 Å². The molecule has 2 aromatic heterocycles. The Morgan fingerprint density at radius 1 is 1.21 bits per heavy atom. The van der Waals surface area contributed by atoms with Crippen LogP contribution in [0.15, 0.2) is 41.8 Å². The summed E-state index contributed by atoms with van der Waals surface area (Å²) in [5, 5.41) is 3.00. The lowest BCUT2D eigenvalue weighted by Gasteiger charge is -2.11. The molecule has 0 bridgehead atoms. The minimum absolute atomic E-state index is 0.129. The van der Waals surface area contributed by atoms with Crippen molar-refractivity contribution in [2.75, 3.05) is 24.4 Å². The maximum Gasteiger partial charge on any atom is 0.270 e. The maximum atomic E-state index is 12.4. The summed E-state index contributed by atoms with van der Waals surface area (Å²) in [6.45, 7) is 3.96. The first kappa shape index (κ1) is 16.3. The Kier molecular flexibility index (Phi) is 4.40. The Hall–Kier alpha value is -2.60. The number of rotatable bonds is 4. The minimum Gasteiger partial charge on any atom is -0.354 e. The summed E-state index contributed by atoms with van der Waals surface area (Å²) in [5.41, 5.74) is 7.48. The monoisotopic (exact) mass is 340 g/mol. The van der Waals surface area contributed by atoms with Crippen LogP contribution in [0.4, 0.5) is 5.13 Å². The van der Waals surface area contributed by atoms with Gasteiger partial charge in [-0.3, -0.25) is 14.9 Å². The molecule has 0 atom stereocenters. The van der Waals surface area contributed by atoms with Crippen molar-refractivity contribution >= 4 is 22.4 Å². The number of carbonyl (C=O) groups is 1. The molecule has 1 aromatic carbocycles. The Labute approximate surface area is 145 Å². The normalized spacial score (nSPS) is 10.7. The van der Waals surface area contributed by atoms with E-state index in [0.717, 1.165) is 27.8 Å². The number of thiazole rings is 1. The zero-order chi connectivity index (χ0) is 17.3. The van der Waals surface area contributed by atoms with Crippen molar-refractivity contribution in [3.63, 3.8) is 0 Å². The van der Waals surface area contributed by atoms with Gasteiger partial charge in [0.25, 0.3) is 5.91 Å². The molecule has 2 heterocycles. The largest absolute Gasteiger partial charge is 0.354 e. The Morgan fingerprint density at radius 2 is 1.92 bits per heavy atom. The van der Waals surface area contributed by atoms with E-state index >= 15 is 0 Å². The molecule has 1 amide bonds. The second kappa shape index (κ2) is 6.49. The van der Waals surface area contributed by atoms with Crippen molar-refractivity contribution < 1.29 is 4.79 Å². The van der Waals surface area contributed by atoms with Gasteiger partial charge in [-0.25, -0.2) is 4.98 Å². The van der Waals surface area contributed by atoms with E-state index in [-0.39, 0.29) is 5.91 Å². The molecule has 0 fully saturated rings. The van der Waals surface area contributed by atoms with Gasteiger partial charge in [0.1, 0.15) is 0 Å². The number of hydrogen-bond donors (Lipinski definition) is 1. The lowest BCUT2D eigenvalue weighted by Crippen LogP contribution is -2.24. The second-order valence-electron chi connectivity index (χ2n) is 5.84. The topological polar surface area (TPSA) is 50.2 Å². The molecule has 24 heavy (non-hydrogen) atoms. The van der Waals surface area contributed by atoms with Gasteiger partial charge in [0, 0.05) is 42.0 Å². The van der Waals surface area contributed by atoms with Crippen LogP contribution in [0.2, 0.25) is 0 Å². The van der Waals surface area contributed by atoms with E-state index in [4.69, 9.17) is 0 Å². The number of nitrogens with zero attached hydrogens (tertiary/aromatic N) is 3. The SMILES string of the molecule is Cc1cc(-c2csc(N(C)C)n2)c(C)n1NC(=O)c1ccccc1. The smallest absolute Gasteiger partial charge is 0.270 e. The van der Waals surface area contributed by atoms with Crippen LogP contribution in [0.3, 0.4) is 0 Å². The first-order valence-corrected chi connectivity index (χ1v) is 8.54. The maximum absolute atomic E-state index is 12.4. The number of hydrogen-bond acceptors (Lipinski definition) is 4. The molecule has 0 saturated carbocycles. The highest BCUT2D eigenvalue weighted by Gasteiger charge is 2.16. The van der Waals surface area contributed by atoms with Crippen molar-refractivity contribution in [1.29, 1.82) is 0 Å². The number of nitrogens with one attached hydrogen (secondary N) is 1. The molecule has 0 saturated heterocycles. The van der Waals surface area contributed by atoms with Crippen molar-refractivity contribution in [3.05, 3.63) is 58.7 Å². The third kappa shape index (κ3) is 3.05. The fourth-order valence-corrected chi connectivity index (χ4v) is 3.30. The first-order valence-electron chi connectivity index (χ1n) is 7.66. The summed E-state index contributed by atoms with van der Waals surface area (Å²) in [5.74, 6) is -0.129. The average molecular weight is 340 g/mol. The molecule has 1 N–H and O–H groups in total. The molecule has 5 nitrogen and oxygen atoms in total. The highest BCUT2D eigenvalue weighted by atomic mass is 32.1. The molecule has 0 unspecified atom stereocenters. The zero-order valence-electron chi connectivity index (χ0n) is 14.2. The van der Waals surface area contributed by atoms with Gasteiger partial charge in [-0.05, 0) is 32.0 Å². The molecule has 3 aromatic rings. The lowest BCUT2D eigenvalue weighted by molar-refractivity contribution is 0.101. The highest BCUT2D eigenvalue weighted by Crippen LogP contribution is 2.30. The van der Waals surface area contributed by atoms with Crippen molar-refractivity contribution in [2.24, 2.45) is 0 Å². The highest BCUT2D eigenvalue weighted by molar-refractivity contribution is 7.14. The van der Waals surface area contributed by atoms with Gasteiger partial charge in [0.05, 0.1) is 5.69 Å². The fourth-order valence-electron chi connectivity index (χ4n) is 2.54. The average Bonchev–Trinajstić information content (AvgIpc) is 3.16. The summed E-state index contributed by atoms with van der Waals surface area (Å²) in [7, 11) is 3.96. The van der Waals surface area contributed by atoms with E-state index in [1.54, 1.807) is 23.5 Å². The van der Waals surface area contributed by atoms with Gasteiger partial charge >= 0.3 is 0 Å². The van der Waals surface area contributed by atoms with Crippen LogP contribution in [0, 0.1) is 13.8 Å². The second-order valence-corrected chi connectivity index (χ2v) is 6.67. The van der Waals surface area contributed by atoms with Gasteiger partial charge in [-0.15, -0.1) is 11.3 Å². The molecule has 0 aliphatic heterocycles. The number of aromatic nitrogens is 2. The van der Waals surface area contributed by atoms with Crippen LogP contribution in [-0.4, -0.2) is 29.7 Å². The number of aryl methyl sites for hydroxylation is 1. The van der Waals surface area contributed by atoms with Crippen molar-refractivity contribution in [2.45, 2.75) is 13.8 Å². The van der Waals surface area contributed by atoms with Crippen LogP contribution >= 0.6 is 11.3 Å². The van der Waals surface area contributed by atoms with Crippen LogP contribution in [-0.2, 0) is 0 Å². The number of benzene rings is 1. The lowest BCUT2D eigenvalue weighted by atomic mass is 10.2. The zero-order valence-corrected chi connectivity index (χ0v) is 15.0. The van der Waals surface area contributed by atoms with Crippen LogP contribution in [0.5, 0.6) is 0 Å². The van der Waals surface area contributed by atoms with Crippen LogP contribution in [0.25, 0.3) is 11.3 Å². The van der Waals surface area contributed by atoms with E-state index in [1.165, 1.54) is 0 Å². The fraction of sp³-hybridized carbons (Fsp3) is 0.222. The van der Waals surface area contributed by atoms with Crippen molar-refractivity contribution in [3.8, 4) is 11.3 Å². The third-order valence-corrected chi connectivity index (χ3v) is 4.84. The molecular weight excluding hydrogens is 320 g/mol. The Bertz CT molecular complexity index is 865. The summed E-state index contributed by atoms with van der Waals surface area (Å²) >= 11 is 1.61. The summed E-state index contributed by atoms with van der Waals surface area (Å²) < 4.78 is 1.82. The molecule has 0 spiro atoms. The van der Waals surface area contributed by atoms with Gasteiger partial charge in [-0.2, -0.15) is 0 Å². The molecular formula is C18H20N4OS. The number of carbonyl (C=O) groups excluding carboxylic acids is 1. The standard InChI is InChI=1S/C18H20N4OS/c1-12-10-15(16-11-24-18(19-16)21(3)4)13(2)22(12)20-17(23)14-8-6-5-7-9-14/h5-11H,1-4H3,(H,20,23). The minimum atomic E-state index is -0.129. The predicted octanol–water partition coefficient (Wildman–Crippen LogP) is 3.68. The molecule has 3 rings (SSSR count). The molecule has 0 aliphatic rings. The summed E-state index contributed by atoms with van der Waals surface area (Å²) in [4.78, 5) is 19.0.